The number of hydrogen-bond acceptors (Lipinski definition) is 3. The van der Waals surface area contributed by atoms with Gasteiger partial charge in [0.2, 0.25) is 5.91 Å². The zero-order valence-corrected chi connectivity index (χ0v) is 7.78. The molecule has 2 N–H and O–H groups in total. The summed E-state index contributed by atoms with van der Waals surface area (Å²) in [5, 5.41) is 17.9. The Bertz CT molecular complexity index is 172. The predicted molar refractivity (Wildman–Crippen MR) is 48.1 cm³/mol. The molecule has 1 unspecified atom stereocenters. The van der Waals surface area contributed by atoms with Crippen molar-refractivity contribution in [2.45, 2.75) is 31.8 Å². The van der Waals surface area contributed by atoms with Crippen molar-refractivity contribution in [1.29, 1.82) is 0 Å². The van der Waals surface area contributed by atoms with E-state index < -0.39 is 0 Å². The third-order valence-corrected chi connectivity index (χ3v) is 2.30. The van der Waals surface area contributed by atoms with Gasteiger partial charge < -0.3 is 15.1 Å². The van der Waals surface area contributed by atoms with E-state index in [1.807, 2.05) is 0 Å². The maximum atomic E-state index is 11.4. The highest BCUT2D eigenvalue weighted by Gasteiger charge is 2.21. The number of β-amino-alcohol motifs (C(OH)–C–C–N with tert-alkyl or cyclic N) is 1. The minimum absolute atomic E-state index is 0.0489. The predicted octanol–water partition coefficient (Wildman–Crippen LogP) is -0.258. The summed E-state index contributed by atoms with van der Waals surface area (Å²) in [4.78, 5) is 13.1. The first-order valence-electron chi connectivity index (χ1n) is 4.80. The van der Waals surface area contributed by atoms with Crippen molar-refractivity contribution in [3.05, 3.63) is 0 Å². The van der Waals surface area contributed by atoms with Crippen LogP contribution in [0.15, 0.2) is 0 Å². The van der Waals surface area contributed by atoms with Crippen molar-refractivity contribution < 1.29 is 15.0 Å². The van der Waals surface area contributed by atoms with Crippen molar-refractivity contribution >= 4 is 5.91 Å². The lowest BCUT2D eigenvalue weighted by molar-refractivity contribution is -0.134. The first-order valence-corrected chi connectivity index (χ1v) is 4.80. The van der Waals surface area contributed by atoms with Crippen LogP contribution in [0.3, 0.4) is 0 Å². The van der Waals surface area contributed by atoms with Crippen LogP contribution in [0, 0.1) is 0 Å². The van der Waals surface area contributed by atoms with Gasteiger partial charge in [-0.2, -0.15) is 0 Å². The molecule has 13 heavy (non-hydrogen) atoms. The third-order valence-electron chi connectivity index (χ3n) is 2.30. The Morgan fingerprint density at radius 3 is 2.92 bits per heavy atom. The Morgan fingerprint density at radius 1 is 1.54 bits per heavy atom. The highest BCUT2D eigenvalue weighted by molar-refractivity contribution is 5.76. The zero-order chi connectivity index (χ0) is 9.68. The molecular formula is C9H17NO3. The lowest BCUT2D eigenvalue weighted by atomic mass is 10.1. The molecule has 1 rings (SSSR count). The summed E-state index contributed by atoms with van der Waals surface area (Å²) in [6.45, 7) is 1.27. The topological polar surface area (TPSA) is 60.8 Å². The van der Waals surface area contributed by atoms with Crippen molar-refractivity contribution in [1.82, 2.24) is 4.90 Å². The lowest BCUT2D eigenvalue weighted by Gasteiger charge is -2.30. The Labute approximate surface area is 78.2 Å². The third kappa shape index (κ3) is 3.32. The Kier molecular flexibility index (Phi) is 4.18. The van der Waals surface area contributed by atoms with E-state index in [0.717, 1.165) is 19.4 Å². The fraction of sp³-hybridized carbons (Fsp3) is 0.889. The average Bonchev–Trinajstić information content (AvgIpc) is 2.14. The summed E-state index contributed by atoms with van der Waals surface area (Å²) in [7, 11) is 0. The van der Waals surface area contributed by atoms with E-state index in [1.54, 1.807) is 4.90 Å². The number of carbonyl (C=O) groups excluding carboxylic acids is 1. The molecular weight excluding hydrogens is 170 g/mol. The Hall–Kier alpha value is -0.610. The van der Waals surface area contributed by atoms with Crippen molar-refractivity contribution in [3.8, 4) is 0 Å². The molecule has 1 saturated heterocycles. The van der Waals surface area contributed by atoms with Gasteiger partial charge in [-0.25, -0.2) is 0 Å². The Morgan fingerprint density at radius 2 is 2.31 bits per heavy atom. The number of piperidine rings is 1. The molecule has 4 nitrogen and oxygen atoms in total. The van der Waals surface area contributed by atoms with Gasteiger partial charge in [-0.3, -0.25) is 4.79 Å². The van der Waals surface area contributed by atoms with Gasteiger partial charge in [0.15, 0.2) is 0 Å². The van der Waals surface area contributed by atoms with E-state index in [2.05, 4.69) is 0 Å². The summed E-state index contributed by atoms with van der Waals surface area (Å²) in [6, 6.07) is 0. The second-order valence-corrected chi connectivity index (χ2v) is 3.46. The van der Waals surface area contributed by atoms with E-state index in [0.29, 0.717) is 19.4 Å². The largest absolute Gasteiger partial charge is 0.396 e. The van der Waals surface area contributed by atoms with Crippen LogP contribution >= 0.6 is 0 Å². The van der Waals surface area contributed by atoms with Crippen molar-refractivity contribution in [3.63, 3.8) is 0 Å². The molecule has 0 aromatic rings. The molecule has 76 valence electrons. The van der Waals surface area contributed by atoms with Gasteiger partial charge in [0.25, 0.3) is 0 Å². The standard InChI is InChI=1S/C9H17NO3/c11-6-2-4-9(13)10-5-1-3-8(12)7-10/h8,11-12H,1-7H2. The summed E-state index contributed by atoms with van der Waals surface area (Å²) >= 11 is 0. The van der Waals surface area contributed by atoms with Gasteiger partial charge in [-0.05, 0) is 19.3 Å². The number of amides is 1. The fourth-order valence-corrected chi connectivity index (χ4v) is 1.57. The maximum Gasteiger partial charge on any atom is 0.222 e. The van der Waals surface area contributed by atoms with E-state index in [1.165, 1.54) is 0 Å². The molecule has 1 aliphatic rings. The minimum Gasteiger partial charge on any atom is -0.396 e. The highest BCUT2D eigenvalue weighted by Crippen LogP contribution is 2.11. The molecule has 1 atom stereocenters. The maximum absolute atomic E-state index is 11.4. The van der Waals surface area contributed by atoms with Gasteiger partial charge in [0.1, 0.15) is 0 Å². The molecule has 1 aliphatic heterocycles. The minimum atomic E-state index is -0.355. The number of carbonyl (C=O) groups is 1. The smallest absolute Gasteiger partial charge is 0.222 e. The van der Waals surface area contributed by atoms with E-state index in [-0.39, 0.29) is 18.6 Å². The molecule has 4 heteroatoms. The summed E-state index contributed by atoms with van der Waals surface area (Å²) < 4.78 is 0. The first kappa shape index (κ1) is 10.5. The molecule has 1 amide bonds. The number of likely N-dealkylation sites (tertiary alicyclic amines) is 1. The Balaban J connectivity index is 2.28. The fourth-order valence-electron chi connectivity index (χ4n) is 1.57. The van der Waals surface area contributed by atoms with E-state index >= 15 is 0 Å². The van der Waals surface area contributed by atoms with Crippen LogP contribution in [0.4, 0.5) is 0 Å². The molecule has 1 fully saturated rings. The lowest BCUT2D eigenvalue weighted by Crippen LogP contribution is -2.42. The monoisotopic (exact) mass is 187 g/mol. The molecule has 0 saturated carbocycles. The second kappa shape index (κ2) is 5.19. The molecule has 0 aromatic heterocycles. The number of nitrogens with zero attached hydrogens (tertiary/aromatic N) is 1. The van der Waals surface area contributed by atoms with Crippen LogP contribution in [0.2, 0.25) is 0 Å². The molecule has 1 heterocycles. The summed E-state index contributed by atoms with van der Waals surface area (Å²) in [5.41, 5.74) is 0. The summed E-state index contributed by atoms with van der Waals surface area (Å²) in [5.74, 6) is 0.0489. The van der Waals surface area contributed by atoms with Crippen LogP contribution in [-0.2, 0) is 4.79 Å². The molecule has 0 aromatic carbocycles. The number of hydrogen-bond donors (Lipinski definition) is 2. The number of aliphatic hydroxyl groups excluding tert-OH is 2. The van der Waals surface area contributed by atoms with Crippen molar-refractivity contribution in [2.24, 2.45) is 0 Å². The SMILES string of the molecule is O=C(CCCO)N1CCCC(O)C1. The van der Waals surface area contributed by atoms with Crippen LogP contribution < -0.4 is 0 Å². The first-order chi connectivity index (χ1) is 6.24. The highest BCUT2D eigenvalue weighted by atomic mass is 16.3. The molecule has 0 bridgehead atoms. The number of aliphatic hydroxyl groups is 2. The van der Waals surface area contributed by atoms with Crippen LogP contribution in [0.5, 0.6) is 0 Å². The normalized spacial score (nSPS) is 23.2. The van der Waals surface area contributed by atoms with Crippen LogP contribution in [-0.4, -0.2) is 46.8 Å². The molecule has 0 spiro atoms. The van der Waals surface area contributed by atoms with Gasteiger partial charge in [-0.1, -0.05) is 0 Å². The van der Waals surface area contributed by atoms with E-state index in [9.17, 15) is 9.90 Å². The van der Waals surface area contributed by atoms with E-state index in [4.69, 9.17) is 5.11 Å². The van der Waals surface area contributed by atoms with Crippen molar-refractivity contribution in [2.75, 3.05) is 19.7 Å². The molecule has 0 radical (unpaired) electrons. The number of rotatable bonds is 3. The van der Waals surface area contributed by atoms with Gasteiger partial charge in [0, 0.05) is 26.1 Å². The van der Waals surface area contributed by atoms with Gasteiger partial charge in [-0.15, -0.1) is 0 Å². The summed E-state index contributed by atoms with van der Waals surface area (Å²) in [6.07, 6.45) is 2.23. The molecule has 0 aliphatic carbocycles. The van der Waals surface area contributed by atoms with Gasteiger partial charge in [0.05, 0.1) is 6.10 Å². The van der Waals surface area contributed by atoms with Crippen LogP contribution in [0.1, 0.15) is 25.7 Å². The van der Waals surface area contributed by atoms with Gasteiger partial charge >= 0.3 is 0 Å². The average molecular weight is 187 g/mol. The quantitative estimate of drug-likeness (QED) is 0.640. The van der Waals surface area contributed by atoms with Crippen LogP contribution in [0.25, 0.3) is 0 Å². The second-order valence-electron chi connectivity index (χ2n) is 3.46. The zero-order valence-electron chi connectivity index (χ0n) is 7.78.